The summed E-state index contributed by atoms with van der Waals surface area (Å²) in [5.41, 5.74) is 5.17. The van der Waals surface area contributed by atoms with Gasteiger partial charge in [0.1, 0.15) is 6.61 Å². The molecule has 0 spiro atoms. The summed E-state index contributed by atoms with van der Waals surface area (Å²) in [7, 11) is 0. The zero-order valence-corrected chi connectivity index (χ0v) is 20.8. The van der Waals surface area contributed by atoms with Crippen LogP contribution in [0.4, 0.5) is 10.5 Å². The van der Waals surface area contributed by atoms with Crippen molar-refractivity contribution in [1.82, 2.24) is 5.32 Å². The van der Waals surface area contributed by atoms with Gasteiger partial charge in [0, 0.05) is 22.0 Å². The summed E-state index contributed by atoms with van der Waals surface area (Å²) < 4.78 is 6.16. The lowest BCUT2D eigenvalue weighted by atomic mass is 9.98. The number of carbonyl (C=O) groups excluding carboxylic acids is 2. The number of rotatable bonds is 7. The van der Waals surface area contributed by atoms with Gasteiger partial charge in [-0.1, -0.05) is 48.5 Å². The Bertz CT molecular complexity index is 1250. The molecule has 0 saturated carbocycles. The van der Waals surface area contributed by atoms with Crippen molar-refractivity contribution in [1.29, 1.82) is 0 Å². The molecule has 1 aliphatic rings. The third-order valence-electron chi connectivity index (χ3n) is 6.31. The molecule has 4 rings (SSSR count). The highest BCUT2D eigenvalue weighted by molar-refractivity contribution is 9.10. The zero-order chi connectivity index (χ0) is 25.1. The summed E-state index contributed by atoms with van der Waals surface area (Å²) in [6, 6.07) is 20.3. The minimum Gasteiger partial charge on any atom is -0.481 e. The van der Waals surface area contributed by atoms with Gasteiger partial charge in [-0.2, -0.15) is 0 Å². The fraction of sp³-hybridized carbons (Fsp3) is 0.222. The second-order valence-corrected chi connectivity index (χ2v) is 9.39. The largest absolute Gasteiger partial charge is 0.481 e. The lowest BCUT2D eigenvalue weighted by Crippen LogP contribution is -2.40. The molecular weight excluding hydrogens is 512 g/mol. The zero-order valence-electron chi connectivity index (χ0n) is 19.2. The molecule has 0 fully saturated rings. The number of benzene rings is 3. The highest BCUT2D eigenvalue weighted by Gasteiger charge is 2.29. The van der Waals surface area contributed by atoms with Gasteiger partial charge in [-0.3, -0.25) is 14.9 Å². The van der Waals surface area contributed by atoms with Crippen molar-refractivity contribution in [2.45, 2.75) is 25.8 Å². The van der Waals surface area contributed by atoms with Crippen molar-refractivity contribution in [3.63, 3.8) is 0 Å². The number of anilines is 1. The number of carboxylic acid groups (broad SMARTS) is 1. The van der Waals surface area contributed by atoms with Crippen LogP contribution in [-0.4, -0.2) is 35.7 Å². The fourth-order valence-electron chi connectivity index (χ4n) is 4.14. The Kier molecular flexibility index (Phi) is 7.21. The first kappa shape index (κ1) is 24.5. The average Bonchev–Trinajstić information content (AvgIpc) is 3.17. The maximum atomic E-state index is 12.6. The van der Waals surface area contributed by atoms with Gasteiger partial charge in [-0.15, -0.1) is 0 Å². The number of fused-ring (bicyclic) bond motifs is 3. The molecule has 0 bridgehead atoms. The van der Waals surface area contributed by atoms with Gasteiger partial charge in [0.2, 0.25) is 0 Å². The van der Waals surface area contributed by atoms with E-state index in [9.17, 15) is 14.4 Å². The molecule has 0 aliphatic heterocycles. The second kappa shape index (κ2) is 10.3. The summed E-state index contributed by atoms with van der Waals surface area (Å²) in [5.74, 6) is -2.24. The SMILES string of the molecule is CC(NC(=O)c1ccc(Br)c(NC(=O)OCC2c3ccccc3-c3ccccc32)c1)C(C)C(=O)O. The maximum Gasteiger partial charge on any atom is 0.411 e. The standard InChI is InChI=1S/C27H25BrN2O5/c1-15(26(32)33)16(2)29-25(31)17-11-12-23(28)24(13-17)30-27(34)35-14-22-20-9-5-3-7-18(20)19-8-4-6-10-21(19)22/h3-13,15-16,22H,14H2,1-2H3,(H,29,31)(H,30,34)(H,32,33). The van der Waals surface area contributed by atoms with Gasteiger partial charge in [-0.25, -0.2) is 4.79 Å². The Hall–Kier alpha value is -3.65. The first-order valence-electron chi connectivity index (χ1n) is 11.2. The molecule has 0 aromatic heterocycles. The van der Waals surface area contributed by atoms with E-state index in [4.69, 9.17) is 9.84 Å². The van der Waals surface area contributed by atoms with Crippen molar-refractivity contribution >= 4 is 39.6 Å². The highest BCUT2D eigenvalue weighted by Crippen LogP contribution is 2.44. The van der Waals surface area contributed by atoms with E-state index in [0.29, 0.717) is 10.2 Å². The van der Waals surface area contributed by atoms with E-state index in [2.05, 4.69) is 38.7 Å². The Morgan fingerprint density at radius 3 is 2.17 bits per heavy atom. The molecule has 8 heteroatoms. The molecule has 1 aliphatic carbocycles. The van der Waals surface area contributed by atoms with Crippen molar-refractivity contribution in [2.24, 2.45) is 5.92 Å². The van der Waals surface area contributed by atoms with E-state index in [0.717, 1.165) is 22.3 Å². The molecule has 180 valence electrons. The van der Waals surface area contributed by atoms with Gasteiger partial charge in [0.15, 0.2) is 0 Å². The average molecular weight is 537 g/mol. The van der Waals surface area contributed by atoms with Gasteiger partial charge in [-0.05, 0) is 70.2 Å². The Balaban J connectivity index is 1.43. The molecule has 3 aromatic rings. The van der Waals surface area contributed by atoms with Crippen LogP contribution in [0.5, 0.6) is 0 Å². The molecular formula is C27H25BrN2O5. The van der Waals surface area contributed by atoms with Gasteiger partial charge >= 0.3 is 12.1 Å². The van der Waals surface area contributed by atoms with Crippen LogP contribution in [0.25, 0.3) is 11.1 Å². The summed E-state index contributed by atoms with van der Waals surface area (Å²) in [6.45, 7) is 3.33. The van der Waals surface area contributed by atoms with Crippen LogP contribution in [0.2, 0.25) is 0 Å². The van der Waals surface area contributed by atoms with Crippen molar-refractivity contribution in [3.05, 3.63) is 87.9 Å². The monoisotopic (exact) mass is 536 g/mol. The van der Waals surface area contributed by atoms with E-state index >= 15 is 0 Å². The smallest absolute Gasteiger partial charge is 0.411 e. The molecule has 3 aromatic carbocycles. The first-order chi connectivity index (χ1) is 16.8. The number of halogens is 1. The molecule has 2 unspecified atom stereocenters. The predicted molar refractivity (Wildman–Crippen MR) is 137 cm³/mol. The van der Waals surface area contributed by atoms with Gasteiger partial charge in [0.05, 0.1) is 11.6 Å². The third kappa shape index (κ3) is 5.22. The summed E-state index contributed by atoms with van der Waals surface area (Å²) in [6.07, 6.45) is -0.641. The molecule has 0 saturated heterocycles. The number of nitrogens with one attached hydrogen (secondary N) is 2. The minimum atomic E-state index is -0.994. The molecule has 2 atom stereocenters. The number of carbonyl (C=O) groups is 3. The van der Waals surface area contributed by atoms with Crippen LogP contribution in [0, 0.1) is 5.92 Å². The Labute approximate surface area is 211 Å². The van der Waals surface area contributed by atoms with E-state index in [1.807, 2.05) is 36.4 Å². The van der Waals surface area contributed by atoms with Crippen LogP contribution in [0.1, 0.15) is 41.3 Å². The van der Waals surface area contributed by atoms with E-state index in [1.165, 1.54) is 13.0 Å². The second-order valence-electron chi connectivity index (χ2n) is 8.53. The highest BCUT2D eigenvalue weighted by atomic mass is 79.9. The van der Waals surface area contributed by atoms with Crippen LogP contribution >= 0.6 is 15.9 Å². The number of hydrogen-bond donors (Lipinski definition) is 3. The summed E-state index contributed by atoms with van der Waals surface area (Å²) >= 11 is 3.38. The molecule has 0 heterocycles. The van der Waals surface area contributed by atoms with Crippen LogP contribution < -0.4 is 10.6 Å². The number of ether oxygens (including phenoxy) is 1. The molecule has 2 amide bonds. The number of hydrogen-bond acceptors (Lipinski definition) is 4. The molecule has 35 heavy (non-hydrogen) atoms. The van der Waals surface area contributed by atoms with Crippen LogP contribution in [0.15, 0.2) is 71.2 Å². The Morgan fingerprint density at radius 1 is 0.971 bits per heavy atom. The minimum absolute atomic E-state index is 0.0635. The molecule has 7 nitrogen and oxygen atoms in total. The van der Waals surface area contributed by atoms with Crippen molar-refractivity contribution in [2.75, 3.05) is 11.9 Å². The molecule has 3 N–H and O–H groups in total. The summed E-state index contributed by atoms with van der Waals surface area (Å²) in [4.78, 5) is 36.4. The molecule has 0 radical (unpaired) electrons. The number of amides is 2. The predicted octanol–water partition coefficient (Wildman–Crippen LogP) is 5.65. The quantitative estimate of drug-likeness (QED) is 0.362. The van der Waals surface area contributed by atoms with E-state index in [1.54, 1.807) is 19.1 Å². The topological polar surface area (TPSA) is 105 Å². The van der Waals surface area contributed by atoms with Gasteiger partial charge < -0.3 is 15.2 Å². The van der Waals surface area contributed by atoms with Crippen molar-refractivity contribution < 1.29 is 24.2 Å². The number of carboxylic acids is 1. The number of aliphatic carboxylic acids is 1. The normalized spacial score (nSPS) is 13.8. The summed E-state index contributed by atoms with van der Waals surface area (Å²) in [5, 5.41) is 14.5. The van der Waals surface area contributed by atoms with E-state index < -0.39 is 29.9 Å². The maximum absolute atomic E-state index is 12.6. The van der Waals surface area contributed by atoms with Crippen LogP contribution in [-0.2, 0) is 9.53 Å². The van der Waals surface area contributed by atoms with E-state index in [-0.39, 0.29) is 18.1 Å². The van der Waals surface area contributed by atoms with Crippen molar-refractivity contribution in [3.8, 4) is 11.1 Å². The Morgan fingerprint density at radius 2 is 1.57 bits per heavy atom. The van der Waals surface area contributed by atoms with Gasteiger partial charge in [0.25, 0.3) is 5.91 Å². The first-order valence-corrected chi connectivity index (χ1v) is 12.0. The lowest BCUT2D eigenvalue weighted by Gasteiger charge is -2.18. The lowest BCUT2D eigenvalue weighted by molar-refractivity contribution is -0.141. The third-order valence-corrected chi connectivity index (χ3v) is 7.00. The fourth-order valence-corrected chi connectivity index (χ4v) is 4.48. The van der Waals surface area contributed by atoms with Crippen LogP contribution in [0.3, 0.4) is 0 Å².